The van der Waals surface area contributed by atoms with Crippen LogP contribution in [0.4, 0.5) is 0 Å². The first kappa shape index (κ1) is 14.3. The summed E-state index contributed by atoms with van der Waals surface area (Å²) in [6, 6.07) is 9.80. The van der Waals surface area contributed by atoms with Crippen molar-refractivity contribution in [1.82, 2.24) is 4.90 Å². The molecule has 1 aliphatic rings. The normalized spacial score (nSPS) is 20.2. The van der Waals surface area contributed by atoms with E-state index in [9.17, 15) is 9.59 Å². The first-order valence-corrected chi connectivity index (χ1v) is 6.75. The molecule has 2 atom stereocenters. The van der Waals surface area contributed by atoms with Crippen LogP contribution in [0.3, 0.4) is 0 Å². The average Bonchev–Trinajstić information content (AvgIpc) is 3.18. The Morgan fingerprint density at radius 3 is 2.45 bits per heavy atom. The number of primary amides is 1. The molecule has 0 aromatic heterocycles. The van der Waals surface area contributed by atoms with Gasteiger partial charge in [0.05, 0.1) is 11.8 Å². The van der Waals surface area contributed by atoms with Gasteiger partial charge < -0.3 is 10.6 Å². The van der Waals surface area contributed by atoms with E-state index in [2.05, 4.69) is 6.58 Å². The summed E-state index contributed by atoms with van der Waals surface area (Å²) in [5, 5.41) is 0. The van der Waals surface area contributed by atoms with E-state index in [1.54, 1.807) is 4.90 Å². The van der Waals surface area contributed by atoms with E-state index >= 15 is 0 Å². The molecule has 4 heteroatoms. The quantitative estimate of drug-likeness (QED) is 0.801. The zero-order valence-electron chi connectivity index (χ0n) is 11.7. The summed E-state index contributed by atoms with van der Waals surface area (Å²) in [6.45, 7) is 6.81. The summed E-state index contributed by atoms with van der Waals surface area (Å²) in [6.07, 6.45) is 0.579. The molecule has 20 heavy (non-hydrogen) atoms. The molecule has 0 unspecified atom stereocenters. The van der Waals surface area contributed by atoms with Crippen molar-refractivity contribution in [2.24, 2.45) is 17.6 Å². The van der Waals surface area contributed by atoms with Gasteiger partial charge in [0.2, 0.25) is 11.8 Å². The molecule has 0 aliphatic heterocycles. The Morgan fingerprint density at radius 2 is 1.95 bits per heavy atom. The monoisotopic (exact) mass is 272 g/mol. The van der Waals surface area contributed by atoms with Crippen molar-refractivity contribution < 1.29 is 9.59 Å². The van der Waals surface area contributed by atoms with E-state index in [-0.39, 0.29) is 23.7 Å². The van der Waals surface area contributed by atoms with Crippen molar-refractivity contribution >= 4 is 11.8 Å². The van der Waals surface area contributed by atoms with Crippen molar-refractivity contribution in [3.8, 4) is 0 Å². The largest absolute Gasteiger partial charge is 0.369 e. The molecule has 106 valence electrons. The smallest absolute Gasteiger partial charge is 0.227 e. The Hall–Kier alpha value is -2.10. The lowest BCUT2D eigenvalue weighted by atomic mass is 10.1. The highest BCUT2D eigenvalue weighted by Gasteiger charge is 2.48. The van der Waals surface area contributed by atoms with Gasteiger partial charge in [-0.1, -0.05) is 42.5 Å². The fraction of sp³-hybridized carbons (Fsp3) is 0.375. The molecule has 1 aliphatic carbocycles. The SMILES string of the molecule is C=C(C)CN(Cc1ccccc1)C(=O)[C@@H]1C[C@@H]1C(N)=O. The van der Waals surface area contributed by atoms with Crippen LogP contribution >= 0.6 is 0 Å². The minimum atomic E-state index is -0.377. The molecular weight excluding hydrogens is 252 g/mol. The van der Waals surface area contributed by atoms with E-state index < -0.39 is 0 Å². The minimum absolute atomic E-state index is 0.000605. The van der Waals surface area contributed by atoms with Gasteiger partial charge in [0.1, 0.15) is 0 Å². The Morgan fingerprint density at radius 1 is 1.30 bits per heavy atom. The number of carbonyl (C=O) groups is 2. The van der Waals surface area contributed by atoms with Crippen LogP contribution in [0, 0.1) is 11.8 Å². The maximum Gasteiger partial charge on any atom is 0.227 e. The third-order valence-electron chi connectivity index (χ3n) is 3.46. The topological polar surface area (TPSA) is 63.4 Å². The molecule has 4 nitrogen and oxygen atoms in total. The molecule has 2 amide bonds. The predicted molar refractivity (Wildman–Crippen MR) is 77.5 cm³/mol. The predicted octanol–water partition coefficient (Wildman–Crippen LogP) is 1.71. The summed E-state index contributed by atoms with van der Waals surface area (Å²) < 4.78 is 0. The van der Waals surface area contributed by atoms with E-state index in [1.807, 2.05) is 37.3 Å². The van der Waals surface area contributed by atoms with Crippen LogP contribution in [-0.4, -0.2) is 23.3 Å². The van der Waals surface area contributed by atoms with Gasteiger partial charge >= 0.3 is 0 Å². The molecule has 0 radical (unpaired) electrons. The minimum Gasteiger partial charge on any atom is -0.369 e. The van der Waals surface area contributed by atoms with Gasteiger partial charge in [0.15, 0.2) is 0 Å². The standard InChI is InChI=1S/C16H20N2O2/c1-11(2)9-18(10-12-6-4-3-5-7-12)16(20)14-8-13(14)15(17)19/h3-7,13-14H,1,8-10H2,2H3,(H2,17,19)/t13-,14+/m0/s1. The van der Waals surface area contributed by atoms with Crippen molar-refractivity contribution in [2.75, 3.05) is 6.54 Å². The summed E-state index contributed by atoms with van der Waals surface area (Å²) in [5.74, 6) is -0.902. The third-order valence-corrected chi connectivity index (χ3v) is 3.46. The van der Waals surface area contributed by atoms with Gasteiger partial charge in [-0.25, -0.2) is 0 Å². The molecule has 2 N–H and O–H groups in total. The molecule has 1 saturated carbocycles. The van der Waals surface area contributed by atoms with Crippen LogP contribution in [0.2, 0.25) is 0 Å². The van der Waals surface area contributed by atoms with Crippen LogP contribution in [-0.2, 0) is 16.1 Å². The van der Waals surface area contributed by atoms with E-state index in [0.717, 1.165) is 11.1 Å². The summed E-state index contributed by atoms with van der Waals surface area (Å²) in [7, 11) is 0. The van der Waals surface area contributed by atoms with E-state index in [1.165, 1.54) is 0 Å². The van der Waals surface area contributed by atoms with Gasteiger partial charge in [-0.05, 0) is 18.9 Å². The molecule has 0 saturated heterocycles. The Bertz CT molecular complexity index is 525. The van der Waals surface area contributed by atoms with Crippen LogP contribution < -0.4 is 5.73 Å². The number of amides is 2. The fourth-order valence-electron chi connectivity index (χ4n) is 2.36. The van der Waals surface area contributed by atoms with Gasteiger partial charge in [0.25, 0.3) is 0 Å². The Balaban J connectivity index is 2.06. The highest BCUT2D eigenvalue weighted by molar-refractivity contribution is 5.91. The van der Waals surface area contributed by atoms with Crippen molar-refractivity contribution in [3.05, 3.63) is 48.0 Å². The second kappa shape index (κ2) is 5.90. The molecular formula is C16H20N2O2. The lowest BCUT2D eigenvalue weighted by molar-refractivity contribution is -0.134. The maximum absolute atomic E-state index is 12.4. The Labute approximate surface area is 119 Å². The van der Waals surface area contributed by atoms with E-state index in [4.69, 9.17) is 5.73 Å². The molecule has 1 aromatic carbocycles. The number of nitrogens with two attached hydrogens (primary N) is 1. The lowest BCUT2D eigenvalue weighted by Gasteiger charge is -2.23. The second-order valence-electron chi connectivity index (χ2n) is 5.49. The second-order valence-corrected chi connectivity index (χ2v) is 5.49. The molecule has 1 aromatic rings. The summed E-state index contributed by atoms with van der Waals surface area (Å²) in [5.41, 5.74) is 7.24. The number of hydrogen-bond donors (Lipinski definition) is 1. The first-order chi connectivity index (χ1) is 9.49. The number of carbonyl (C=O) groups excluding carboxylic acids is 2. The molecule has 2 rings (SSSR count). The average molecular weight is 272 g/mol. The van der Waals surface area contributed by atoms with Crippen molar-refractivity contribution in [2.45, 2.75) is 19.9 Å². The Kier molecular flexibility index (Phi) is 4.23. The van der Waals surface area contributed by atoms with Crippen molar-refractivity contribution in [1.29, 1.82) is 0 Å². The van der Waals surface area contributed by atoms with Crippen LogP contribution in [0.25, 0.3) is 0 Å². The van der Waals surface area contributed by atoms with Crippen LogP contribution in [0.1, 0.15) is 18.9 Å². The first-order valence-electron chi connectivity index (χ1n) is 6.75. The number of rotatable bonds is 6. The van der Waals surface area contributed by atoms with Crippen molar-refractivity contribution in [3.63, 3.8) is 0 Å². The maximum atomic E-state index is 12.4. The van der Waals surface area contributed by atoms with Gasteiger partial charge in [-0.15, -0.1) is 0 Å². The van der Waals surface area contributed by atoms with E-state index in [0.29, 0.717) is 19.5 Å². The van der Waals surface area contributed by atoms with Gasteiger partial charge in [-0.2, -0.15) is 0 Å². The van der Waals surface area contributed by atoms with Crippen LogP contribution in [0.15, 0.2) is 42.5 Å². The zero-order chi connectivity index (χ0) is 14.7. The van der Waals surface area contributed by atoms with Gasteiger partial charge in [-0.3, -0.25) is 9.59 Å². The fourth-order valence-corrected chi connectivity index (χ4v) is 2.36. The molecule has 0 heterocycles. The highest BCUT2D eigenvalue weighted by Crippen LogP contribution is 2.39. The number of nitrogens with zero attached hydrogens (tertiary/aromatic N) is 1. The lowest BCUT2D eigenvalue weighted by Crippen LogP contribution is -2.34. The summed E-state index contributed by atoms with van der Waals surface area (Å²) in [4.78, 5) is 25.3. The van der Waals surface area contributed by atoms with Crippen LogP contribution in [0.5, 0.6) is 0 Å². The number of benzene rings is 1. The summed E-state index contributed by atoms with van der Waals surface area (Å²) >= 11 is 0. The zero-order valence-corrected chi connectivity index (χ0v) is 11.7. The molecule has 0 bridgehead atoms. The highest BCUT2D eigenvalue weighted by atomic mass is 16.2. The van der Waals surface area contributed by atoms with Gasteiger partial charge in [0, 0.05) is 13.1 Å². The third kappa shape index (κ3) is 3.47. The number of hydrogen-bond acceptors (Lipinski definition) is 2. The molecule has 1 fully saturated rings. The molecule has 0 spiro atoms.